The number of pyridine rings is 3. The van der Waals surface area contributed by atoms with E-state index in [9.17, 15) is 13.6 Å². The molecule has 7 nitrogen and oxygen atoms in total. The Morgan fingerprint density at radius 3 is 2.56 bits per heavy atom. The highest BCUT2D eigenvalue weighted by atomic mass is 35.5. The van der Waals surface area contributed by atoms with Crippen molar-refractivity contribution >= 4 is 22.9 Å². The topological polar surface area (TPSA) is 82.8 Å². The van der Waals surface area contributed by atoms with Gasteiger partial charge in [-0.05, 0) is 25.5 Å². The van der Waals surface area contributed by atoms with Gasteiger partial charge in [0.25, 0.3) is 5.56 Å². The second-order valence-corrected chi connectivity index (χ2v) is 9.32. The molecule has 0 saturated heterocycles. The highest BCUT2D eigenvalue weighted by Crippen LogP contribution is 2.30. The fourth-order valence-electron chi connectivity index (χ4n) is 3.22. The third kappa shape index (κ3) is 4.69. The Hall–Kier alpha value is -3.24. The lowest BCUT2D eigenvalue weighted by molar-refractivity contribution is 0.292. The first-order valence-electron chi connectivity index (χ1n) is 10.3. The zero-order valence-electron chi connectivity index (χ0n) is 18.8. The van der Waals surface area contributed by atoms with Gasteiger partial charge in [0.2, 0.25) is 0 Å². The van der Waals surface area contributed by atoms with Gasteiger partial charge in [-0.3, -0.25) is 19.3 Å². The van der Waals surface area contributed by atoms with E-state index in [1.807, 2.05) is 20.8 Å². The molecule has 0 aromatic carbocycles. The zero-order valence-corrected chi connectivity index (χ0v) is 20.3. The third-order valence-electron chi connectivity index (χ3n) is 5.02. The lowest BCUT2D eigenvalue weighted by atomic mass is 10.2. The fourth-order valence-corrected chi connectivity index (χ4v) is 4.23. The molecular formula is C23H20ClF2N5O2S. The third-order valence-corrected chi connectivity index (χ3v) is 6.61. The number of nitrogens with zero attached hydrogens (tertiary/aromatic N) is 5. The smallest absolute Gasteiger partial charge is 0.277 e. The van der Waals surface area contributed by atoms with Crippen LogP contribution in [0, 0.1) is 25.5 Å². The number of ether oxygens (including phenoxy) is 1. The van der Waals surface area contributed by atoms with Gasteiger partial charge in [-0.15, -0.1) is 10.2 Å². The number of hydrogen-bond acceptors (Lipinski definition) is 7. The molecule has 0 amide bonds. The molecule has 0 aliphatic heterocycles. The molecule has 0 aliphatic rings. The fraction of sp³-hybridized carbons (Fsp3) is 0.261. The Kier molecular flexibility index (Phi) is 6.72. The first-order chi connectivity index (χ1) is 16.2. The highest BCUT2D eigenvalue weighted by molar-refractivity contribution is 7.14. The monoisotopic (exact) mass is 503 g/mol. The first kappa shape index (κ1) is 23.9. The summed E-state index contributed by atoms with van der Waals surface area (Å²) in [5.74, 6) is -1.33. The molecule has 176 valence electrons. The van der Waals surface area contributed by atoms with E-state index in [-0.39, 0.29) is 29.0 Å². The van der Waals surface area contributed by atoms with Crippen LogP contribution in [-0.2, 0) is 6.61 Å². The Balaban J connectivity index is 1.70. The van der Waals surface area contributed by atoms with E-state index in [1.54, 1.807) is 25.3 Å². The van der Waals surface area contributed by atoms with E-state index < -0.39 is 17.2 Å². The summed E-state index contributed by atoms with van der Waals surface area (Å²) in [6, 6.07) is 4.05. The molecule has 0 saturated carbocycles. The van der Waals surface area contributed by atoms with Crippen molar-refractivity contribution in [2.45, 2.75) is 40.2 Å². The van der Waals surface area contributed by atoms with E-state index in [0.717, 1.165) is 16.8 Å². The minimum Gasteiger partial charge on any atom is -0.485 e. The van der Waals surface area contributed by atoms with Gasteiger partial charge in [0.1, 0.15) is 39.6 Å². The number of aromatic nitrogens is 5. The van der Waals surface area contributed by atoms with Gasteiger partial charge in [0.05, 0.1) is 11.9 Å². The minimum absolute atomic E-state index is 0.0728. The molecule has 4 heterocycles. The summed E-state index contributed by atoms with van der Waals surface area (Å²) in [7, 11) is 0. The standard InChI is InChI=1S/C23H20ClF2N5O2S/c1-11(2)21-29-30-22(34-21)16-7-18(12(3)8-27-16)31-13(4)5-19(20(24)23(31)32)33-10-17-15(26)6-14(25)9-28-17/h5-9,11H,10H2,1-4H3. The average Bonchev–Trinajstić information content (AvgIpc) is 3.28. The zero-order chi connectivity index (χ0) is 24.6. The average molecular weight is 504 g/mol. The van der Waals surface area contributed by atoms with Gasteiger partial charge < -0.3 is 4.74 Å². The summed E-state index contributed by atoms with van der Waals surface area (Å²) in [6.45, 7) is 7.31. The lowest BCUT2D eigenvalue weighted by Crippen LogP contribution is -2.23. The number of halogens is 3. The van der Waals surface area contributed by atoms with E-state index in [4.69, 9.17) is 16.3 Å². The molecule has 0 N–H and O–H groups in total. The van der Waals surface area contributed by atoms with Crippen molar-refractivity contribution in [1.29, 1.82) is 0 Å². The van der Waals surface area contributed by atoms with Crippen molar-refractivity contribution in [1.82, 2.24) is 24.7 Å². The molecule has 4 rings (SSSR count). The van der Waals surface area contributed by atoms with E-state index in [0.29, 0.717) is 28.1 Å². The van der Waals surface area contributed by atoms with Gasteiger partial charge in [-0.1, -0.05) is 36.8 Å². The predicted molar refractivity (Wildman–Crippen MR) is 126 cm³/mol. The second kappa shape index (κ2) is 9.55. The predicted octanol–water partition coefficient (Wildman–Crippen LogP) is 5.40. The number of aryl methyl sites for hydroxylation is 2. The van der Waals surface area contributed by atoms with Crippen LogP contribution >= 0.6 is 22.9 Å². The molecule has 0 atom stereocenters. The van der Waals surface area contributed by atoms with Gasteiger partial charge >= 0.3 is 0 Å². The molecule has 0 aliphatic carbocycles. The van der Waals surface area contributed by atoms with Crippen LogP contribution in [0.1, 0.15) is 41.7 Å². The Labute approximate surface area is 203 Å². The van der Waals surface area contributed by atoms with Crippen LogP contribution in [0.5, 0.6) is 5.75 Å². The number of hydrogen-bond donors (Lipinski definition) is 0. The minimum atomic E-state index is -0.849. The lowest BCUT2D eigenvalue weighted by Gasteiger charge is -2.16. The molecule has 0 radical (unpaired) electrons. The molecule has 11 heteroatoms. The molecule has 0 bridgehead atoms. The van der Waals surface area contributed by atoms with Crippen molar-refractivity contribution in [3.8, 4) is 22.1 Å². The van der Waals surface area contributed by atoms with Crippen molar-refractivity contribution in [2.24, 2.45) is 0 Å². The van der Waals surface area contributed by atoms with Crippen LogP contribution in [0.2, 0.25) is 5.02 Å². The number of rotatable bonds is 6. The summed E-state index contributed by atoms with van der Waals surface area (Å²) in [5, 5.41) is 9.79. The van der Waals surface area contributed by atoms with Crippen LogP contribution in [0.4, 0.5) is 8.78 Å². The Bertz CT molecular complexity index is 1440. The summed E-state index contributed by atoms with van der Waals surface area (Å²) >= 11 is 7.78. The van der Waals surface area contributed by atoms with Crippen LogP contribution in [0.3, 0.4) is 0 Å². The molecule has 0 fully saturated rings. The van der Waals surface area contributed by atoms with Crippen LogP contribution in [0.25, 0.3) is 16.4 Å². The quantitative estimate of drug-likeness (QED) is 0.350. The van der Waals surface area contributed by atoms with Crippen LogP contribution in [0.15, 0.2) is 35.4 Å². The summed E-state index contributed by atoms with van der Waals surface area (Å²) in [6.07, 6.45) is 2.55. The van der Waals surface area contributed by atoms with Crippen molar-refractivity contribution in [3.05, 3.63) is 79.6 Å². The van der Waals surface area contributed by atoms with Crippen molar-refractivity contribution < 1.29 is 13.5 Å². The van der Waals surface area contributed by atoms with E-state index in [1.165, 1.54) is 15.9 Å². The summed E-state index contributed by atoms with van der Waals surface area (Å²) in [5.41, 5.74) is 1.86. The second-order valence-electron chi connectivity index (χ2n) is 7.93. The Morgan fingerprint density at radius 2 is 1.88 bits per heavy atom. The largest absolute Gasteiger partial charge is 0.485 e. The molecule has 0 unspecified atom stereocenters. The first-order valence-corrected chi connectivity index (χ1v) is 11.5. The molecule has 0 spiro atoms. The SMILES string of the molecule is Cc1cnc(-c2nnc(C(C)C)s2)cc1-n1c(C)cc(OCc2ncc(F)cc2F)c(Cl)c1=O. The molecular weight excluding hydrogens is 484 g/mol. The molecule has 4 aromatic heterocycles. The molecule has 4 aromatic rings. The van der Waals surface area contributed by atoms with E-state index >= 15 is 0 Å². The van der Waals surface area contributed by atoms with Crippen LogP contribution in [-0.4, -0.2) is 24.7 Å². The Morgan fingerprint density at radius 1 is 1.12 bits per heavy atom. The maximum Gasteiger partial charge on any atom is 0.277 e. The molecule has 34 heavy (non-hydrogen) atoms. The maximum absolute atomic E-state index is 13.9. The normalized spacial score (nSPS) is 11.3. The van der Waals surface area contributed by atoms with Gasteiger partial charge in [-0.2, -0.15) is 0 Å². The highest BCUT2D eigenvalue weighted by Gasteiger charge is 2.18. The maximum atomic E-state index is 13.9. The summed E-state index contributed by atoms with van der Waals surface area (Å²) < 4.78 is 33.9. The van der Waals surface area contributed by atoms with Crippen molar-refractivity contribution in [2.75, 3.05) is 0 Å². The van der Waals surface area contributed by atoms with E-state index in [2.05, 4.69) is 20.2 Å². The van der Waals surface area contributed by atoms with Crippen molar-refractivity contribution in [3.63, 3.8) is 0 Å². The summed E-state index contributed by atoms with van der Waals surface area (Å²) in [4.78, 5) is 21.3. The van der Waals surface area contributed by atoms with Gasteiger partial charge in [0.15, 0.2) is 10.8 Å². The van der Waals surface area contributed by atoms with Crippen LogP contribution < -0.4 is 10.3 Å². The van der Waals surface area contributed by atoms with Gasteiger partial charge in [0, 0.05) is 29.9 Å². The van der Waals surface area contributed by atoms with Gasteiger partial charge in [-0.25, -0.2) is 8.78 Å².